The van der Waals surface area contributed by atoms with Gasteiger partial charge in [0.25, 0.3) is 0 Å². The van der Waals surface area contributed by atoms with Crippen LogP contribution in [0.2, 0.25) is 0 Å². The number of nitrogens with one attached hydrogen (secondary N) is 1. The normalized spacial score (nSPS) is 27.9. The van der Waals surface area contributed by atoms with Crippen molar-refractivity contribution in [1.29, 1.82) is 0 Å². The van der Waals surface area contributed by atoms with Crippen LogP contribution in [0.5, 0.6) is 0 Å². The molecule has 0 spiro atoms. The van der Waals surface area contributed by atoms with Gasteiger partial charge in [0.2, 0.25) is 5.91 Å². The maximum atomic E-state index is 12.3. The van der Waals surface area contributed by atoms with E-state index in [-0.39, 0.29) is 12.4 Å². The van der Waals surface area contributed by atoms with Gasteiger partial charge in [0, 0.05) is 31.6 Å². The average Bonchev–Trinajstić information content (AvgIpc) is 2.56. The molecular weight excluding hydrogens is 260 g/mol. The van der Waals surface area contributed by atoms with E-state index in [1.165, 1.54) is 12.8 Å². The third kappa shape index (κ3) is 4.96. The summed E-state index contributed by atoms with van der Waals surface area (Å²) >= 11 is 0. The van der Waals surface area contributed by atoms with E-state index in [4.69, 9.17) is 0 Å². The minimum absolute atomic E-state index is 0. The minimum Gasteiger partial charge on any atom is -0.341 e. The topological polar surface area (TPSA) is 32.3 Å². The highest BCUT2D eigenvalue weighted by Crippen LogP contribution is 2.22. The summed E-state index contributed by atoms with van der Waals surface area (Å²) in [6.45, 7) is 8.57. The Morgan fingerprint density at radius 1 is 1.21 bits per heavy atom. The van der Waals surface area contributed by atoms with Crippen LogP contribution in [0.25, 0.3) is 0 Å². The summed E-state index contributed by atoms with van der Waals surface area (Å²) in [6, 6.07) is 1.22. The number of carbonyl (C=O) groups is 1. The van der Waals surface area contributed by atoms with Crippen molar-refractivity contribution in [2.45, 2.75) is 65.0 Å². The van der Waals surface area contributed by atoms with Gasteiger partial charge in [0.1, 0.15) is 0 Å². The number of amides is 1. The van der Waals surface area contributed by atoms with Gasteiger partial charge in [-0.1, -0.05) is 20.8 Å². The van der Waals surface area contributed by atoms with Crippen molar-refractivity contribution in [3.8, 4) is 0 Å². The van der Waals surface area contributed by atoms with Crippen LogP contribution in [-0.4, -0.2) is 36.0 Å². The zero-order valence-electron chi connectivity index (χ0n) is 12.5. The largest absolute Gasteiger partial charge is 0.341 e. The van der Waals surface area contributed by atoms with E-state index in [0.717, 1.165) is 32.4 Å². The summed E-state index contributed by atoms with van der Waals surface area (Å²) < 4.78 is 0. The smallest absolute Gasteiger partial charge is 0.222 e. The summed E-state index contributed by atoms with van der Waals surface area (Å²) in [5, 5.41) is 3.63. The molecule has 4 heteroatoms. The van der Waals surface area contributed by atoms with Crippen LogP contribution in [-0.2, 0) is 4.79 Å². The quantitative estimate of drug-likeness (QED) is 0.863. The SMILES string of the molecule is CC(C)CC(C)CC(=O)N1CCC2CCC(C1)N2.Cl. The molecule has 3 atom stereocenters. The number of rotatable bonds is 4. The highest BCUT2D eigenvalue weighted by atomic mass is 35.5. The lowest BCUT2D eigenvalue weighted by molar-refractivity contribution is -0.132. The zero-order chi connectivity index (χ0) is 13.1. The lowest BCUT2D eigenvalue weighted by atomic mass is 9.95. The third-order valence-electron chi connectivity index (χ3n) is 4.27. The average molecular weight is 289 g/mol. The van der Waals surface area contributed by atoms with Crippen LogP contribution in [0, 0.1) is 11.8 Å². The predicted molar refractivity (Wildman–Crippen MR) is 81.6 cm³/mol. The highest BCUT2D eigenvalue weighted by Gasteiger charge is 2.31. The van der Waals surface area contributed by atoms with Crippen molar-refractivity contribution in [3.05, 3.63) is 0 Å². The van der Waals surface area contributed by atoms with Crippen molar-refractivity contribution in [1.82, 2.24) is 10.2 Å². The van der Waals surface area contributed by atoms with Gasteiger partial charge in [-0.3, -0.25) is 4.79 Å². The monoisotopic (exact) mass is 288 g/mol. The number of halogens is 1. The van der Waals surface area contributed by atoms with Crippen molar-refractivity contribution in [3.63, 3.8) is 0 Å². The first-order valence-electron chi connectivity index (χ1n) is 7.58. The fourth-order valence-electron chi connectivity index (χ4n) is 3.48. The summed E-state index contributed by atoms with van der Waals surface area (Å²) in [7, 11) is 0. The number of hydrogen-bond acceptors (Lipinski definition) is 2. The predicted octanol–water partition coefficient (Wildman–Crippen LogP) is 2.83. The molecule has 0 aromatic heterocycles. The first-order chi connectivity index (χ1) is 8.54. The van der Waals surface area contributed by atoms with E-state index in [0.29, 0.717) is 29.8 Å². The van der Waals surface area contributed by atoms with Gasteiger partial charge in [-0.05, 0) is 37.5 Å². The molecule has 3 nitrogen and oxygen atoms in total. The highest BCUT2D eigenvalue weighted by molar-refractivity contribution is 5.85. The lowest BCUT2D eigenvalue weighted by Crippen LogP contribution is -2.39. The van der Waals surface area contributed by atoms with E-state index in [1.54, 1.807) is 0 Å². The molecule has 0 saturated carbocycles. The van der Waals surface area contributed by atoms with Gasteiger partial charge in [-0.2, -0.15) is 0 Å². The zero-order valence-corrected chi connectivity index (χ0v) is 13.3. The second-order valence-electron chi connectivity index (χ2n) is 6.71. The molecule has 2 rings (SSSR count). The van der Waals surface area contributed by atoms with Crippen molar-refractivity contribution in [2.75, 3.05) is 13.1 Å². The molecular formula is C15H29ClN2O. The first-order valence-corrected chi connectivity index (χ1v) is 7.58. The molecule has 2 aliphatic rings. The Bertz CT molecular complexity index is 296. The van der Waals surface area contributed by atoms with E-state index >= 15 is 0 Å². The Morgan fingerprint density at radius 3 is 2.58 bits per heavy atom. The Kier molecular flexibility index (Phi) is 6.61. The summed E-state index contributed by atoms with van der Waals surface area (Å²) in [5.74, 6) is 1.58. The van der Waals surface area contributed by atoms with E-state index in [9.17, 15) is 4.79 Å². The molecule has 0 aromatic rings. The van der Waals surface area contributed by atoms with Gasteiger partial charge in [0.05, 0.1) is 0 Å². The molecule has 2 fully saturated rings. The standard InChI is InChI=1S/C15H28N2O.ClH/c1-11(2)8-12(3)9-15(18)17-7-6-13-4-5-14(10-17)16-13;/h11-14,16H,4-10H2,1-3H3;1H. The van der Waals surface area contributed by atoms with Crippen LogP contribution in [0.4, 0.5) is 0 Å². The van der Waals surface area contributed by atoms with Crippen LogP contribution in [0.1, 0.15) is 52.9 Å². The van der Waals surface area contributed by atoms with E-state index in [2.05, 4.69) is 31.0 Å². The molecule has 2 aliphatic heterocycles. The first kappa shape index (κ1) is 16.8. The Morgan fingerprint density at radius 2 is 1.89 bits per heavy atom. The molecule has 2 bridgehead atoms. The van der Waals surface area contributed by atoms with Crippen molar-refractivity contribution < 1.29 is 4.79 Å². The van der Waals surface area contributed by atoms with Gasteiger partial charge in [-0.25, -0.2) is 0 Å². The minimum atomic E-state index is 0. The maximum absolute atomic E-state index is 12.3. The molecule has 1 amide bonds. The van der Waals surface area contributed by atoms with Crippen molar-refractivity contribution in [2.24, 2.45) is 11.8 Å². The molecule has 2 saturated heterocycles. The van der Waals surface area contributed by atoms with Crippen LogP contribution in [0.15, 0.2) is 0 Å². The Balaban J connectivity index is 0.00000180. The molecule has 1 N–H and O–H groups in total. The fourth-order valence-corrected chi connectivity index (χ4v) is 3.48. The van der Waals surface area contributed by atoms with Gasteiger partial charge in [-0.15, -0.1) is 12.4 Å². The molecule has 112 valence electrons. The number of hydrogen-bond donors (Lipinski definition) is 1. The molecule has 0 aliphatic carbocycles. The number of fused-ring (bicyclic) bond motifs is 2. The number of likely N-dealkylation sites (tertiary alicyclic amines) is 1. The molecule has 0 radical (unpaired) electrons. The molecule has 2 heterocycles. The van der Waals surface area contributed by atoms with Gasteiger partial charge >= 0.3 is 0 Å². The van der Waals surface area contributed by atoms with E-state index in [1.807, 2.05) is 0 Å². The second-order valence-corrected chi connectivity index (χ2v) is 6.71. The molecule has 19 heavy (non-hydrogen) atoms. The van der Waals surface area contributed by atoms with Crippen LogP contribution in [0.3, 0.4) is 0 Å². The molecule has 0 aromatic carbocycles. The Hall–Kier alpha value is -0.280. The van der Waals surface area contributed by atoms with Gasteiger partial charge < -0.3 is 10.2 Å². The van der Waals surface area contributed by atoms with Gasteiger partial charge in [0.15, 0.2) is 0 Å². The summed E-state index contributed by atoms with van der Waals surface area (Å²) in [5.41, 5.74) is 0. The van der Waals surface area contributed by atoms with Crippen molar-refractivity contribution >= 4 is 18.3 Å². The van der Waals surface area contributed by atoms with Crippen LogP contribution < -0.4 is 5.32 Å². The maximum Gasteiger partial charge on any atom is 0.222 e. The summed E-state index contributed by atoms with van der Waals surface area (Å²) in [4.78, 5) is 14.4. The number of carbonyl (C=O) groups excluding carboxylic acids is 1. The van der Waals surface area contributed by atoms with Crippen LogP contribution >= 0.6 is 12.4 Å². The number of nitrogens with zero attached hydrogens (tertiary/aromatic N) is 1. The molecule has 3 unspecified atom stereocenters. The fraction of sp³-hybridized carbons (Fsp3) is 0.933. The third-order valence-corrected chi connectivity index (χ3v) is 4.27. The lowest BCUT2D eigenvalue weighted by Gasteiger charge is -2.26. The summed E-state index contributed by atoms with van der Waals surface area (Å²) in [6.07, 6.45) is 5.58. The second kappa shape index (κ2) is 7.49. The van der Waals surface area contributed by atoms with E-state index < -0.39 is 0 Å². The Labute approximate surface area is 123 Å².